The van der Waals surface area contributed by atoms with Crippen LogP contribution in [0.3, 0.4) is 0 Å². The van der Waals surface area contributed by atoms with Crippen molar-refractivity contribution >= 4 is 56.3 Å². The molecule has 13 heteroatoms. The summed E-state index contributed by atoms with van der Waals surface area (Å²) in [6.45, 7) is 30.2. The summed E-state index contributed by atoms with van der Waals surface area (Å²) in [5, 5.41) is 11.2. The van der Waals surface area contributed by atoms with E-state index < -0.39 is 22.8 Å². The number of ketones is 1. The van der Waals surface area contributed by atoms with Crippen LogP contribution in [0.5, 0.6) is 17.2 Å². The number of ether oxygens (including phenoxy) is 3. The predicted molar refractivity (Wildman–Crippen MR) is 367 cm³/mol. The van der Waals surface area contributed by atoms with E-state index in [-0.39, 0.29) is 21.9 Å². The van der Waals surface area contributed by atoms with E-state index in [9.17, 15) is 24.0 Å². The number of carboxylic acid groups (broad SMARTS) is 1. The molecule has 6 rings (SSSR count). The Morgan fingerprint density at radius 2 is 0.730 bits per heavy atom. The summed E-state index contributed by atoms with van der Waals surface area (Å²) in [4.78, 5) is 57.8. The van der Waals surface area contributed by atoms with Crippen LogP contribution in [-0.2, 0) is 0 Å². The minimum absolute atomic E-state index is 0.0657. The minimum atomic E-state index is -1.30. The van der Waals surface area contributed by atoms with Gasteiger partial charge in [-0.15, -0.1) is 0 Å². The van der Waals surface area contributed by atoms with E-state index in [1.54, 1.807) is 42.5 Å². The van der Waals surface area contributed by atoms with Crippen molar-refractivity contribution in [1.82, 2.24) is 0 Å². The number of carbonyl (C=O) groups excluding carboxylic acids is 1. The number of allylic oxidation sites excluding steroid dienone is 15. The van der Waals surface area contributed by atoms with Gasteiger partial charge in [0.05, 0.1) is 0 Å². The SMILES string of the molecule is CC(=O)c1cc2ccc(OC/C=C(\C)CC/C=C(\C)CCC=C(C)C)cc2oc1=O.CC(C)=CCC/C(C)=C/CC/C(C)=C/COc1ccc2c(C)c(Cl)c(=O)oc2c1.CC(C)=CCC/C(C)=C/CC/C(C)=C/COc1ccc2cc(C(=O)O)c(=O)oc2c1. The molecule has 3 aromatic carbocycles. The smallest absolute Gasteiger partial charge is 0.355 e. The van der Waals surface area contributed by atoms with Crippen molar-refractivity contribution in [3.63, 3.8) is 0 Å². The van der Waals surface area contributed by atoms with Crippen LogP contribution in [0.4, 0.5) is 0 Å². The third-order valence-electron chi connectivity index (χ3n) is 14.5. The minimum Gasteiger partial charge on any atom is -0.489 e. The largest absolute Gasteiger partial charge is 0.489 e. The highest BCUT2D eigenvalue weighted by atomic mass is 35.5. The number of halogens is 1. The normalized spacial score (nSPS) is 12.2. The van der Waals surface area contributed by atoms with Crippen molar-refractivity contribution in [1.29, 1.82) is 0 Å². The molecule has 0 aliphatic rings. The zero-order valence-corrected chi connectivity index (χ0v) is 55.7. The van der Waals surface area contributed by atoms with Gasteiger partial charge in [-0.2, -0.15) is 0 Å². The molecule has 0 saturated heterocycles. The van der Waals surface area contributed by atoms with E-state index in [2.05, 4.69) is 132 Å². The molecule has 1 N–H and O–H groups in total. The number of benzene rings is 3. The Morgan fingerprint density at radius 1 is 0.416 bits per heavy atom. The summed E-state index contributed by atoms with van der Waals surface area (Å²) >= 11 is 5.96. The summed E-state index contributed by atoms with van der Waals surface area (Å²) in [6, 6.07) is 18.7. The molecule has 6 aromatic rings. The predicted octanol–water partition coefficient (Wildman–Crippen LogP) is 20.6. The first-order chi connectivity index (χ1) is 42.3. The van der Waals surface area contributed by atoms with Crippen molar-refractivity contribution < 1.29 is 42.2 Å². The average Bonchev–Trinajstić information content (AvgIpc) is 1.08. The molecule has 0 aliphatic carbocycles. The molecule has 0 radical (unpaired) electrons. The number of carbonyl (C=O) groups is 2. The van der Waals surface area contributed by atoms with Gasteiger partial charge in [-0.05, 0) is 246 Å². The topological polar surface area (TPSA) is 173 Å². The van der Waals surface area contributed by atoms with Crippen molar-refractivity contribution in [2.24, 2.45) is 0 Å². The van der Waals surface area contributed by atoms with Crippen LogP contribution in [0.25, 0.3) is 32.9 Å². The molecule has 476 valence electrons. The Kier molecular flexibility index (Phi) is 31.5. The zero-order valence-electron chi connectivity index (χ0n) is 55.0. The van der Waals surface area contributed by atoms with Crippen molar-refractivity contribution in [3.8, 4) is 17.2 Å². The molecular weight excluding hydrogens is 1140 g/mol. The van der Waals surface area contributed by atoms with E-state index >= 15 is 0 Å². The summed E-state index contributed by atoms with van der Waals surface area (Å²) in [5.74, 6) is 0.253. The van der Waals surface area contributed by atoms with Gasteiger partial charge in [0.1, 0.15) is 70.0 Å². The summed E-state index contributed by atoms with van der Waals surface area (Å²) in [6.07, 6.45) is 32.7. The molecule has 0 unspecified atom stereocenters. The lowest BCUT2D eigenvalue weighted by Crippen LogP contribution is -2.12. The van der Waals surface area contributed by atoms with Gasteiger partial charge in [0, 0.05) is 34.4 Å². The highest BCUT2D eigenvalue weighted by molar-refractivity contribution is 6.31. The van der Waals surface area contributed by atoms with Gasteiger partial charge >= 0.3 is 22.8 Å². The quantitative estimate of drug-likeness (QED) is 0.0268. The lowest BCUT2D eigenvalue weighted by Gasteiger charge is -2.07. The van der Waals surface area contributed by atoms with Gasteiger partial charge in [0.2, 0.25) is 0 Å². The molecule has 12 nitrogen and oxygen atoms in total. The number of aromatic carboxylic acids is 1. The van der Waals surface area contributed by atoms with Gasteiger partial charge < -0.3 is 32.6 Å². The lowest BCUT2D eigenvalue weighted by molar-refractivity contribution is 0.0692. The first-order valence-corrected chi connectivity index (χ1v) is 31.0. The Labute approximate surface area is 531 Å². The van der Waals surface area contributed by atoms with Gasteiger partial charge in [-0.3, -0.25) is 4.79 Å². The maximum atomic E-state index is 11.9. The fourth-order valence-corrected chi connectivity index (χ4v) is 9.16. The van der Waals surface area contributed by atoms with Gasteiger partial charge in [0.15, 0.2) is 5.78 Å². The van der Waals surface area contributed by atoms with Crippen LogP contribution in [-0.4, -0.2) is 36.7 Å². The summed E-state index contributed by atoms with van der Waals surface area (Å²) < 4.78 is 32.9. The monoisotopic (exact) mass is 1230 g/mol. The van der Waals surface area contributed by atoms with Crippen molar-refractivity contribution in [2.45, 2.75) is 174 Å². The fraction of sp³-hybridized carbons (Fsp3) is 0.382. The number of rotatable bonds is 29. The second kappa shape index (κ2) is 38.2. The number of Topliss-reactive ketones (excluding diaryl/α,β-unsaturated/α-hetero) is 1. The van der Waals surface area contributed by atoms with E-state index in [0.29, 0.717) is 64.6 Å². The first-order valence-electron chi connectivity index (χ1n) is 30.6. The summed E-state index contributed by atoms with van der Waals surface area (Å²) in [5.41, 5.74) is 11.8. The Balaban J connectivity index is 0.000000285. The Hall–Kier alpha value is -8.22. The van der Waals surface area contributed by atoms with E-state index in [4.69, 9.17) is 44.2 Å². The lowest BCUT2D eigenvalue weighted by atomic mass is 10.1. The highest BCUT2D eigenvalue weighted by Gasteiger charge is 2.14. The average molecular weight is 1230 g/mol. The van der Waals surface area contributed by atoms with Gasteiger partial charge in [-0.1, -0.05) is 98.2 Å². The van der Waals surface area contributed by atoms with Gasteiger partial charge in [0.25, 0.3) is 0 Å². The van der Waals surface area contributed by atoms with E-state index in [1.807, 2.05) is 31.2 Å². The Morgan fingerprint density at radius 3 is 1.09 bits per heavy atom. The zero-order chi connectivity index (χ0) is 65.6. The van der Waals surface area contributed by atoms with Crippen LogP contribution in [0.1, 0.15) is 193 Å². The summed E-state index contributed by atoms with van der Waals surface area (Å²) in [7, 11) is 0. The van der Waals surface area contributed by atoms with Crippen LogP contribution >= 0.6 is 11.6 Å². The molecule has 0 fully saturated rings. The number of aryl methyl sites for hydroxylation is 1. The van der Waals surface area contributed by atoms with Crippen molar-refractivity contribution in [2.75, 3.05) is 19.8 Å². The molecule has 0 amide bonds. The molecule has 3 heterocycles. The highest BCUT2D eigenvalue weighted by Crippen LogP contribution is 2.27. The molecule has 0 spiro atoms. The number of hydrogen-bond acceptors (Lipinski definition) is 11. The second-order valence-corrected chi connectivity index (χ2v) is 23.8. The molecular formula is C76H93ClO12. The van der Waals surface area contributed by atoms with E-state index in [0.717, 1.165) is 88.0 Å². The second-order valence-electron chi connectivity index (χ2n) is 23.5. The standard InChI is InChI=1S/C26H32O4.C25H31ClO3.C25H30O5/c1-18(2)8-6-9-19(3)10-7-11-20(4)14-15-29-23-13-12-22-16-24(21(5)27)26(28)30-25(22)17-23;1-17(2)8-6-9-18(3)10-7-11-19(4)14-15-28-21-12-13-22-20(5)24(26)25(27)29-23(22)16-21;1-17(2)7-5-8-18(3)9-6-10-19(4)13-14-29-21-12-11-20-15-22(24(26)27)25(28)30-23(20)16-21/h8,10,12-14,16-17H,6-7,9,11,15H2,1-5H3;8,10,12-14,16H,6-7,9,11,15H2,1-5H3;7,9,11-13,15-16H,5-6,8,10,14H2,1-4H3,(H,26,27)/b19-10+,20-14+;18-10+,19-14+;18-9+,19-13+. The van der Waals surface area contributed by atoms with Crippen LogP contribution in [0, 0.1) is 6.92 Å². The third-order valence-corrected chi connectivity index (χ3v) is 14.9. The first kappa shape index (κ1) is 73.3. The molecule has 0 aliphatic heterocycles. The molecule has 3 aromatic heterocycles. The van der Waals surface area contributed by atoms with Crippen LogP contribution < -0.4 is 31.1 Å². The number of fused-ring (bicyclic) bond motifs is 3. The van der Waals surface area contributed by atoms with Crippen LogP contribution in [0.15, 0.2) is 199 Å². The number of hydrogen-bond donors (Lipinski definition) is 1. The Bertz CT molecular complexity index is 3680. The third kappa shape index (κ3) is 27.4. The molecule has 0 bridgehead atoms. The fourth-order valence-electron chi connectivity index (χ4n) is 9.02. The molecule has 0 saturated carbocycles. The maximum Gasteiger partial charge on any atom is 0.355 e. The molecule has 0 atom stereocenters. The van der Waals surface area contributed by atoms with Gasteiger partial charge in [-0.25, -0.2) is 19.2 Å². The number of carboxylic acids is 1. The van der Waals surface area contributed by atoms with Crippen LogP contribution in [0.2, 0.25) is 5.02 Å². The van der Waals surface area contributed by atoms with E-state index in [1.165, 1.54) is 63.1 Å². The maximum absolute atomic E-state index is 11.9. The van der Waals surface area contributed by atoms with Crippen molar-refractivity contribution in [3.05, 3.63) is 225 Å². The molecule has 89 heavy (non-hydrogen) atoms.